The summed E-state index contributed by atoms with van der Waals surface area (Å²) in [4.78, 5) is 11.6. The molecule has 0 spiro atoms. The van der Waals surface area contributed by atoms with Gasteiger partial charge in [-0.15, -0.1) is 0 Å². The van der Waals surface area contributed by atoms with Crippen LogP contribution in [0.3, 0.4) is 0 Å². The number of carbonyl (C=O) groups excluding carboxylic acids is 1. The highest BCUT2D eigenvalue weighted by Gasteiger charge is 2.66. The van der Waals surface area contributed by atoms with Gasteiger partial charge in [0.1, 0.15) is 0 Å². The predicted molar refractivity (Wildman–Crippen MR) is 145 cm³/mol. The molecule has 0 aromatic heterocycles. The van der Waals surface area contributed by atoms with E-state index in [1.54, 1.807) is 11.1 Å². The van der Waals surface area contributed by atoms with Crippen LogP contribution in [0.4, 0.5) is 0 Å². The van der Waals surface area contributed by atoms with Crippen molar-refractivity contribution in [2.45, 2.75) is 113 Å². The largest absolute Gasteiger partial charge is 0.465 e. The van der Waals surface area contributed by atoms with E-state index in [-0.39, 0.29) is 38.5 Å². The van der Waals surface area contributed by atoms with Crippen LogP contribution in [0.1, 0.15) is 113 Å². The minimum atomic E-state index is -0.168. The first-order valence-electron chi connectivity index (χ1n) is 14.4. The van der Waals surface area contributed by atoms with E-state index in [1.807, 2.05) is 0 Å². The number of allylic oxidation sites excluding steroid dienone is 4. The lowest BCUT2D eigenvalue weighted by atomic mass is 9.35. The van der Waals surface area contributed by atoms with Crippen molar-refractivity contribution in [2.24, 2.45) is 49.5 Å². The summed E-state index contributed by atoms with van der Waals surface area (Å²) in [6, 6.07) is 0. The van der Waals surface area contributed by atoms with E-state index >= 15 is 0 Å². The maximum Gasteiger partial charge on any atom is 0.302 e. The summed E-state index contributed by atoms with van der Waals surface area (Å²) < 4.78 is 5.57. The van der Waals surface area contributed by atoms with Crippen molar-refractivity contribution in [1.29, 1.82) is 0 Å². The second-order valence-corrected chi connectivity index (χ2v) is 15.2. The molecule has 1 N–H and O–H groups in total. The number of carbonyl (C=O) groups is 1. The summed E-state index contributed by atoms with van der Waals surface area (Å²) in [7, 11) is 0. The van der Waals surface area contributed by atoms with Gasteiger partial charge in [0.25, 0.3) is 0 Å². The zero-order chi connectivity index (χ0) is 26.4. The van der Waals surface area contributed by atoms with E-state index < -0.39 is 0 Å². The lowest BCUT2D eigenvalue weighted by Crippen LogP contribution is -2.62. The molecule has 7 atom stereocenters. The standard InChI is InChI=1S/C32H49NO3/c1-21(34)36-20-28(4)15-16-29(5)17-18-31(7)22(23(29)19-28)9-10-25-30(6)13-12-26(33-35)27(2,3)24(30)11-14-32(25,31)8/h9-10,24-25,35H,11-20H2,1-8H3/b33-26+/t24-,25+,28-,29+,30-,31+,32+/m0/s1. The molecule has 5 aliphatic rings. The SMILES string of the molecule is CC(=O)OC[C@@]1(C)CC[C@]2(C)CC[C@]3(C)C(=C2C1)C=C[C@@H]1[C@@]2(C)CC/C(=N\O)C(C)(C)[C@@H]2CC[C@]13C. The number of rotatable bonds is 2. The van der Waals surface area contributed by atoms with Gasteiger partial charge in [0, 0.05) is 17.8 Å². The summed E-state index contributed by atoms with van der Waals surface area (Å²) >= 11 is 0. The minimum absolute atomic E-state index is 0.0222. The van der Waals surface area contributed by atoms with Gasteiger partial charge < -0.3 is 9.94 Å². The molecule has 200 valence electrons. The summed E-state index contributed by atoms with van der Waals surface area (Å²) in [6.07, 6.45) is 15.4. The Morgan fingerprint density at radius 3 is 2.39 bits per heavy atom. The Hall–Kier alpha value is -1.58. The number of fused-ring (bicyclic) bond motifs is 6. The maximum atomic E-state index is 11.6. The van der Waals surface area contributed by atoms with Gasteiger partial charge >= 0.3 is 5.97 Å². The van der Waals surface area contributed by atoms with Crippen molar-refractivity contribution in [1.82, 2.24) is 0 Å². The molecule has 3 saturated carbocycles. The topological polar surface area (TPSA) is 58.9 Å². The highest BCUT2D eigenvalue weighted by molar-refractivity contribution is 5.90. The Labute approximate surface area is 219 Å². The van der Waals surface area contributed by atoms with Crippen LogP contribution in [0.15, 0.2) is 28.5 Å². The number of ether oxygens (including phenoxy) is 1. The van der Waals surface area contributed by atoms with E-state index in [4.69, 9.17) is 4.74 Å². The molecule has 0 aliphatic heterocycles. The molecule has 4 heteroatoms. The van der Waals surface area contributed by atoms with Crippen molar-refractivity contribution in [3.8, 4) is 0 Å². The van der Waals surface area contributed by atoms with E-state index in [9.17, 15) is 10.0 Å². The molecule has 0 saturated heterocycles. The fraction of sp³-hybridized carbons (Fsp3) is 0.812. The third-order valence-corrected chi connectivity index (χ3v) is 12.8. The summed E-state index contributed by atoms with van der Waals surface area (Å²) in [6.45, 7) is 19.2. The molecule has 5 rings (SSSR count). The Kier molecular flexibility index (Phi) is 5.76. The summed E-state index contributed by atoms with van der Waals surface area (Å²) in [5.74, 6) is 0.886. The second kappa shape index (κ2) is 7.96. The van der Waals surface area contributed by atoms with Crippen LogP contribution >= 0.6 is 0 Å². The van der Waals surface area contributed by atoms with Gasteiger partial charge in [-0.3, -0.25) is 4.79 Å². The molecule has 5 aliphatic carbocycles. The lowest BCUT2D eigenvalue weighted by molar-refractivity contribution is -0.145. The highest BCUT2D eigenvalue weighted by atomic mass is 16.5. The molecule has 0 unspecified atom stereocenters. The first kappa shape index (κ1) is 26.0. The zero-order valence-electron chi connectivity index (χ0n) is 24.1. The van der Waals surface area contributed by atoms with Gasteiger partial charge in [0.05, 0.1) is 12.3 Å². The molecule has 0 amide bonds. The average molecular weight is 496 g/mol. The molecule has 0 radical (unpaired) electrons. The van der Waals surface area contributed by atoms with Gasteiger partial charge in [-0.05, 0) is 96.9 Å². The smallest absolute Gasteiger partial charge is 0.302 e. The van der Waals surface area contributed by atoms with Crippen molar-refractivity contribution in [3.63, 3.8) is 0 Å². The third-order valence-electron chi connectivity index (χ3n) is 12.8. The zero-order valence-corrected chi connectivity index (χ0v) is 24.1. The van der Waals surface area contributed by atoms with Crippen LogP contribution in [-0.4, -0.2) is 23.5 Å². The molecular formula is C32H49NO3. The monoisotopic (exact) mass is 495 g/mol. The van der Waals surface area contributed by atoms with Gasteiger partial charge in [-0.1, -0.05) is 71.3 Å². The van der Waals surface area contributed by atoms with Crippen LogP contribution in [0.2, 0.25) is 0 Å². The molecular weight excluding hydrogens is 446 g/mol. The minimum Gasteiger partial charge on any atom is -0.465 e. The third kappa shape index (κ3) is 3.37. The Bertz CT molecular complexity index is 1050. The first-order valence-corrected chi connectivity index (χ1v) is 14.4. The average Bonchev–Trinajstić information content (AvgIpc) is 2.79. The maximum absolute atomic E-state index is 11.6. The van der Waals surface area contributed by atoms with Gasteiger partial charge in [0.15, 0.2) is 0 Å². The van der Waals surface area contributed by atoms with Gasteiger partial charge in [-0.2, -0.15) is 0 Å². The van der Waals surface area contributed by atoms with Crippen LogP contribution in [0.5, 0.6) is 0 Å². The van der Waals surface area contributed by atoms with E-state index in [2.05, 4.69) is 65.8 Å². The molecule has 3 fully saturated rings. The Morgan fingerprint density at radius 1 is 1.03 bits per heavy atom. The Balaban J connectivity index is 1.59. The van der Waals surface area contributed by atoms with Crippen LogP contribution in [-0.2, 0) is 9.53 Å². The lowest BCUT2D eigenvalue weighted by Gasteiger charge is -2.69. The summed E-state index contributed by atoms with van der Waals surface area (Å²) in [5.41, 5.74) is 5.05. The highest BCUT2D eigenvalue weighted by Crippen LogP contribution is 2.73. The fourth-order valence-corrected chi connectivity index (χ4v) is 10.1. The molecule has 0 aromatic rings. The fourth-order valence-electron chi connectivity index (χ4n) is 10.1. The predicted octanol–water partition coefficient (Wildman–Crippen LogP) is 8.10. The van der Waals surface area contributed by atoms with Gasteiger partial charge in [0.2, 0.25) is 0 Å². The molecule has 36 heavy (non-hydrogen) atoms. The molecule has 4 nitrogen and oxygen atoms in total. The van der Waals surface area contributed by atoms with Crippen molar-refractivity contribution < 1.29 is 14.7 Å². The van der Waals surface area contributed by atoms with Crippen molar-refractivity contribution in [3.05, 3.63) is 23.3 Å². The van der Waals surface area contributed by atoms with Crippen molar-refractivity contribution in [2.75, 3.05) is 6.61 Å². The van der Waals surface area contributed by atoms with Crippen LogP contribution in [0, 0.1) is 44.3 Å². The molecule has 0 bridgehead atoms. The normalized spacial score (nSPS) is 48.5. The first-order chi connectivity index (χ1) is 16.7. The molecule has 0 heterocycles. The van der Waals surface area contributed by atoms with Crippen molar-refractivity contribution >= 4 is 11.7 Å². The second-order valence-electron chi connectivity index (χ2n) is 15.2. The number of hydrogen-bond donors (Lipinski definition) is 1. The number of nitrogens with zero attached hydrogens (tertiary/aromatic N) is 1. The quantitative estimate of drug-likeness (QED) is 0.239. The summed E-state index contributed by atoms with van der Waals surface area (Å²) in [5, 5.41) is 13.5. The number of oxime groups is 1. The van der Waals surface area contributed by atoms with Gasteiger partial charge in [-0.25, -0.2) is 0 Å². The Morgan fingerprint density at radius 2 is 1.72 bits per heavy atom. The van der Waals surface area contributed by atoms with Crippen LogP contribution in [0.25, 0.3) is 0 Å². The van der Waals surface area contributed by atoms with E-state index in [0.29, 0.717) is 18.4 Å². The van der Waals surface area contributed by atoms with E-state index in [0.717, 1.165) is 31.4 Å². The molecule has 0 aromatic carbocycles. The number of hydrogen-bond acceptors (Lipinski definition) is 4. The van der Waals surface area contributed by atoms with Crippen LogP contribution < -0.4 is 0 Å². The van der Waals surface area contributed by atoms with E-state index in [1.165, 1.54) is 39.0 Å². The number of esters is 1.